The molecule has 1 unspecified atom stereocenters. The number of nitrogens with one attached hydrogen (secondary N) is 1. The monoisotopic (exact) mass is 442 g/mol. The van der Waals surface area contributed by atoms with Crippen molar-refractivity contribution in [3.8, 4) is 0 Å². The lowest BCUT2D eigenvalue weighted by Crippen LogP contribution is -2.29. The molecule has 0 fully saturated rings. The van der Waals surface area contributed by atoms with Crippen LogP contribution < -0.4 is 11.3 Å². The van der Waals surface area contributed by atoms with Gasteiger partial charge in [-0.05, 0) is 68.1 Å². The van der Waals surface area contributed by atoms with E-state index in [0.717, 1.165) is 25.3 Å². The SMILES string of the molecule is Cc1cc(C(F)(F)F)ccc1C(NN)c1cc(Br)sc1Br. The van der Waals surface area contributed by atoms with E-state index in [1.165, 1.54) is 17.4 Å². The zero-order chi connectivity index (χ0) is 15.8. The predicted octanol–water partition coefficient (Wildman–Crippen LogP) is 5.15. The highest BCUT2D eigenvalue weighted by Crippen LogP contribution is 2.39. The van der Waals surface area contributed by atoms with Crippen molar-refractivity contribution in [1.29, 1.82) is 0 Å². The Morgan fingerprint density at radius 2 is 1.86 bits per heavy atom. The van der Waals surface area contributed by atoms with Crippen molar-refractivity contribution in [3.63, 3.8) is 0 Å². The summed E-state index contributed by atoms with van der Waals surface area (Å²) < 4.78 is 39.9. The molecule has 0 radical (unpaired) electrons. The van der Waals surface area contributed by atoms with E-state index in [2.05, 4.69) is 37.3 Å². The third-order valence-electron chi connectivity index (χ3n) is 3.07. The van der Waals surface area contributed by atoms with Crippen LogP contribution in [0.2, 0.25) is 0 Å². The lowest BCUT2D eigenvalue weighted by Gasteiger charge is -2.19. The molecule has 0 bridgehead atoms. The highest BCUT2D eigenvalue weighted by atomic mass is 79.9. The summed E-state index contributed by atoms with van der Waals surface area (Å²) in [6.45, 7) is 1.64. The van der Waals surface area contributed by atoms with E-state index >= 15 is 0 Å². The first kappa shape index (κ1) is 17.0. The molecule has 0 saturated heterocycles. The molecule has 1 aromatic carbocycles. The second-order valence-electron chi connectivity index (χ2n) is 4.45. The van der Waals surface area contributed by atoms with Crippen LogP contribution in [0.1, 0.15) is 28.3 Å². The molecule has 2 nitrogen and oxygen atoms in total. The Morgan fingerprint density at radius 1 is 1.19 bits per heavy atom. The largest absolute Gasteiger partial charge is 0.416 e. The van der Waals surface area contributed by atoms with Crippen LogP contribution in [-0.4, -0.2) is 0 Å². The minimum absolute atomic E-state index is 0.385. The molecule has 2 aromatic rings. The van der Waals surface area contributed by atoms with E-state index in [-0.39, 0.29) is 6.04 Å². The maximum atomic E-state index is 12.7. The standard InChI is InChI=1S/C13H11Br2F3N2S/c1-6-4-7(13(16,17)18)2-3-8(6)11(20-19)9-5-10(14)21-12(9)15/h2-5,11,20H,19H2,1H3. The summed E-state index contributed by atoms with van der Waals surface area (Å²) in [4.78, 5) is 0. The van der Waals surface area contributed by atoms with Gasteiger partial charge in [-0.15, -0.1) is 11.3 Å². The van der Waals surface area contributed by atoms with Crippen LogP contribution in [0, 0.1) is 6.92 Å². The Morgan fingerprint density at radius 3 is 2.29 bits per heavy atom. The van der Waals surface area contributed by atoms with Crippen molar-refractivity contribution in [3.05, 3.63) is 54.1 Å². The number of hydrazine groups is 1. The van der Waals surface area contributed by atoms with Crippen LogP contribution in [0.25, 0.3) is 0 Å². The summed E-state index contributed by atoms with van der Waals surface area (Å²) in [5, 5.41) is 0. The van der Waals surface area contributed by atoms with Gasteiger partial charge in [0.05, 0.1) is 19.2 Å². The fourth-order valence-corrected chi connectivity index (χ4v) is 4.97. The van der Waals surface area contributed by atoms with Gasteiger partial charge in [-0.25, -0.2) is 5.43 Å². The van der Waals surface area contributed by atoms with Crippen LogP contribution in [0.3, 0.4) is 0 Å². The smallest absolute Gasteiger partial charge is 0.271 e. The highest BCUT2D eigenvalue weighted by molar-refractivity contribution is 9.12. The van der Waals surface area contributed by atoms with E-state index < -0.39 is 11.7 Å². The molecule has 1 heterocycles. The van der Waals surface area contributed by atoms with E-state index in [4.69, 9.17) is 5.84 Å². The van der Waals surface area contributed by atoms with Crippen LogP contribution in [0.15, 0.2) is 31.8 Å². The van der Waals surface area contributed by atoms with Gasteiger partial charge in [-0.1, -0.05) is 6.07 Å². The first-order valence-electron chi connectivity index (χ1n) is 5.82. The molecular formula is C13H11Br2F3N2S. The number of halogens is 5. The fraction of sp³-hybridized carbons (Fsp3) is 0.231. The fourth-order valence-electron chi connectivity index (χ4n) is 2.07. The quantitative estimate of drug-likeness (QED) is 0.508. The normalized spacial score (nSPS) is 13.5. The number of rotatable bonds is 3. The molecule has 0 aliphatic heterocycles. The maximum Gasteiger partial charge on any atom is 0.416 e. The lowest BCUT2D eigenvalue weighted by atomic mass is 9.95. The molecule has 114 valence electrons. The molecule has 8 heteroatoms. The van der Waals surface area contributed by atoms with Crippen molar-refractivity contribution in [2.24, 2.45) is 5.84 Å². The van der Waals surface area contributed by atoms with Gasteiger partial charge in [0.2, 0.25) is 0 Å². The molecular weight excluding hydrogens is 433 g/mol. The minimum atomic E-state index is -4.35. The van der Waals surface area contributed by atoms with E-state index in [1.54, 1.807) is 6.92 Å². The van der Waals surface area contributed by atoms with Gasteiger partial charge >= 0.3 is 6.18 Å². The number of nitrogens with two attached hydrogens (primary N) is 1. The van der Waals surface area contributed by atoms with Crippen molar-refractivity contribution < 1.29 is 13.2 Å². The molecule has 21 heavy (non-hydrogen) atoms. The van der Waals surface area contributed by atoms with Gasteiger partial charge in [0.25, 0.3) is 0 Å². The van der Waals surface area contributed by atoms with Crippen molar-refractivity contribution in [1.82, 2.24) is 5.43 Å². The van der Waals surface area contributed by atoms with E-state index in [0.29, 0.717) is 11.1 Å². The number of alkyl halides is 3. The average molecular weight is 444 g/mol. The van der Waals surface area contributed by atoms with Gasteiger partial charge in [0.1, 0.15) is 0 Å². The molecule has 0 amide bonds. The molecule has 1 atom stereocenters. The summed E-state index contributed by atoms with van der Waals surface area (Å²) in [6, 6.07) is 5.16. The summed E-state index contributed by atoms with van der Waals surface area (Å²) in [7, 11) is 0. The van der Waals surface area contributed by atoms with Crippen LogP contribution in [0.4, 0.5) is 13.2 Å². The van der Waals surface area contributed by atoms with Gasteiger partial charge in [-0.2, -0.15) is 13.2 Å². The van der Waals surface area contributed by atoms with E-state index in [9.17, 15) is 13.2 Å². The van der Waals surface area contributed by atoms with Crippen molar-refractivity contribution in [2.75, 3.05) is 0 Å². The molecule has 2 rings (SSSR count). The van der Waals surface area contributed by atoms with Crippen LogP contribution in [-0.2, 0) is 6.18 Å². The Labute approximate surface area is 140 Å². The molecule has 1 aromatic heterocycles. The number of hydrogen-bond donors (Lipinski definition) is 2. The highest BCUT2D eigenvalue weighted by Gasteiger charge is 2.31. The topological polar surface area (TPSA) is 38.0 Å². The second kappa shape index (κ2) is 6.37. The van der Waals surface area contributed by atoms with Gasteiger partial charge < -0.3 is 0 Å². The number of thiophene rings is 1. The van der Waals surface area contributed by atoms with E-state index in [1.807, 2.05) is 6.07 Å². The first-order valence-corrected chi connectivity index (χ1v) is 8.23. The zero-order valence-corrected chi connectivity index (χ0v) is 14.8. The maximum absolute atomic E-state index is 12.7. The lowest BCUT2D eigenvalue weighted by molar-refractivity contribution is -0.137. The summed E-state index contributed by atoms with van der Waals surface area (Å²) in [5.74, 6) is 5.60. The third kappa shape index (κ3) is 3.68. The molecule has 0 aliphatic rings. The van der Waals surface area contributed by atoms with Gasteiger partial charge in [0.15, 0.2) is 0 Å². The average Bonchev–Trinajstić information content (AvgIpc) is 2.70. The van der Waals surface area contributed by atoms with Crippen molar-refractivity contribution >= 4 is 43.2 Å². The first-order chi connectivity index (χ1) is 9.74. The summed E-state index contributed by atoms with van der Waals surface area (Å²) in [5.41, 5.74) is 4.11. The minimum Gasteiger partial charge on any atom is -0.271 e. The van der Waals surface area contributed by atoms with Crippen LogP contribution in [0.5, 0.6) is 0 Å². The van der Waals surface area contributed by atoms with Crippen LogP contribution >= 0.6 is 43.2 Å². The summed E-state index contributed by atoms with van der Waals surface area (Å²) in [6.07, 6.45) is -4.35. The van der Waals surface area contributed by atoms with Gasteiger partial charge in [0, 0.05) is 5.56 Å². The Hall–Kier alpha value is -0.410. The number of benzene rings is 1. The molecule has 0 aliphatic carbocycles. The predicted molar refractivity (Wildman–Crippen MR) is 85.1 cm³/mol. The Balaban J connectivity index is 2.46. The Bertz CT molecular complexity index is 655. The molecule has 0 saturated carbocycles. The van der Waals surface area contributed by atoms with Crippen molar-refractivity contribution in [2.45, 2.75) is 19.1 Å². The summed E-state index contributed by atoms with van der Waals surface area (Å²) >= 11 is 8.30. The second-order valence-corrected chi connectivity index (χ2v) is 8.20. The number of hydrogen-bond acceptors (Lipinski definition) is 3. The molecule has 0 spiro atoms. The van der Waals surface area contributed by atoms with Gasteiger partial charge in [-0.3, -0.25) is 5.84 Å². The molecule has 3 N–H and O–H groups in total. The third-order valence-corrected chi connectivity index (χ3v) is 5.45. The zero-order valence-electron chi connectivity index (χ0n) is 10.8. The number of aryl methyl sites for hydroxylation is 1. The Kier molecular flexibility index (Phi) is 5.15.